The minimum atomic E-state index is 0.127. The highest BCUT2D eigenvalue weighted by Gasteiger charge is 2.19. The highest BCUT2D eigenvalue weighted by molar-refractivity contribution is 5.94. The molecule has 0 heterocycles. The van der Waals surface area contributed by atoms with E-state index in [9.17, 15) is 4.79 Å². The van der Waals surface area contributed by atoms with Crippen LogP contribution in [0.15, 0.2) is 18.2 Å². The topological polar surface area (TPSA) is 20.3 Å². The molecule has 0 saturated carbocycles. The van der Waals surface area contributed by atoms with Crippen LogP contribution in [0, 0.1) is 0 Å². The van der Waals surface area contributed by atoms with Crippen molar-refractivity contribution in [3.63, 3.8) is 0 Å². The van der Waals surface area contributed by atoms with E-state index < -0.39 is 0 Å². The quantitative estimate of drug-likeness (QED) is 0.801. The van der Waals surface area contributed by atoms with Gasteiger partial charge in [0.2, 0.25) is 0 Å². The zero-order valence-electron chi connectivity index (χ0n) is 13.2. The van der Waals surface area contributed by atoms with Gasteiger partial charge in [0.25, 0.3) is 5.91 Å². The van der Waals surface area contributed by atoms with Crippen molar-refractivity contribution in [1.82, 2.24) is 4.90 Å². The third-order valence-corrected chi connectivity index (χ3v) is 3.59. The second-order valence-corrected chi connectivity index (χ2v) is 5.95. The third-order valence-electron chi connectivity index (χ3n) is 3.59. The second-order valence-electron chi connectivity index (χ2n) is 5.95. The summed E-state index contributed by atoms with van der Waals surface area (Å²) in [6.07, 6.45) is 0.964. The zero-order valence-corrected chi connectivity index (χ0v) is 13.2. The Morgan fingerprint density at radius 3 is 2.11 bits per heavy atom. The largest absolute Gasteiger partial charge is 0.339 e. The van der Waals surface area contributed by atoms with Crippen molar-refractivity contribution < 1.29 is 4.79 Å². The van der Waals surface area contributed by atoms with Crippen LogP contribution in [0.2, 0.25) is 0 Å². The molecule has 0 aliphatic rings. The van der Waals surface area contributed by atoms with Gasteiger partial charge in [-0.2, -0.15) is 0 Å². The normalized spacial score (nSPS) is 11.5. The molecule has 19 heavy (non-hydrogen) atoms. The summed E-state index contributed by atoms with van der Waals surface area (Å²) < 4.78 is 0. The second kappa shape index (κ2) is 6.23. The van der Waals surface area contributed by atoms with Crippen LogP contribution >= 0.6 is 0 Å². The van der Waals surface area contributed by atoms with Crippen LogP contribution in [0.3, 0.4) is 0 Å². The smallest absolute Gasteiger partial charge is 0.253 e. The van der Waals surface area contributed by atoms with Gasteiger partial charge in [0.15, 0.2) is 0 Å². The van der Waals surface area contributed by atoms with Crippen molar-refractivity contribution in [3.05, 3.63) is 34.9 Å². The van der Waals surface area contributed by atoms with E-state index in [4.69, 9.17) is 0 Å². The molecule has 0 unspecified atom stereocenters. The molecule has 2 heteroatoms. The maximum absolute atomic E-state index is 12.4. The predicted molar refractivity (Wildman–Crippen MR) is 81.8 cm³/mol. The van der Waals surface area contributed by atoms with Gasteiger partial charge in [-0.25, -0.2) is 0 Å². The number of carbonyl (C=O) groups excluding carboxylic acids is 1. The lowest BCUT2D eigenvalue weighted by Gasteiger charge is -2.24. The lowest BCUT2D eigenvalue weighted by atomic mass is 9.82. The van der Waals surface area contributed by atoms with Crippen LogP contribution in [-0.2, 0) is 11.8 Å². The van der Waals surface area contributed by atoms with Crippen LogP contribution in [-0.4, -0.2) is 23.9 Å². The van der Waals surface area contributed by atoms with Crippen molar-refractivity contribution in [3.8, 4) is 0 Å². The highest BCUT2D eigenvalue weighted by atomic mass is 16.2. The zero-order chi connectivity index (χ0) is 14.6. The fourth-order valence-electron chi connectivity index (χ4n) is 2.44. The van der Waals surface area contributed by atoms with E-state index in [0.717, 1.165) is 25.1 Å². The van der Waals surface area contributed by atoms with E-state index in [2.05, 4.69) is 39.8 Å². The first-order valence-corrected chi connectivity index (χ1v) is 7.27. The molecule has 0 radical (unpaired) electrons. The Bertz CT molecular complexity index is 439. The Hall–Kier alpha value is -1.31. The number of aryl methyl sites for hydroxylation is 1. The first kappa shape index (κ1) is 15.7. The molecule has 0 aromatic heterocycles. The molecule has 1 aromatic rings. The van der Waals surface area contributed by atoms with Gasteiger partial charge in [-0.15, -0.1) is 0 Å². The number of rotatable bonds is 4. The van der Waals surface area contributed by atoms with Gasteiger partial charge in [0.05, 0.1) is 0 Å². The molecule has 0 aliphatic carbocycles. The number of amides is 1. The molecule has 1 aromatic carbocycles. The van der Waals surface area contributed by atoms with Gasteiger partial charge in [-0.05, 0) is 48.9 Å². The van der Waals surface area contributed by atoms with Crippen LogP contribution in [0.5, 0.6) is 0 Å². The standard InChI is InChI=1S/C17H27NO/c1-7-13-12-14(16(19)18(8-2)9-3)10-11-15(13)17(4,5)6/h10-12H,7-9H2,1-6H3. The molecule has 0 bridgehead atoms. The number of hydrogen-bond donors (Lipinski definition) is 0. The molecule has 1 rings (SSSR count). The highest BCUT2D eigenvalue weighted by Crippen LogP contribution is 2.27. The van der Waals surface area contributed by atoms with Gasteiger partial charge in [0.1, 0.15) is 0 Å². The van der Waals surface area contributed by atoms with Crippen LogP contribution in [0.1, 0.15) is 63.0 Å². The van der Waals surface area contributed by atoms with Crippen LogP contribution in [0.4, 0.5) is 0 Å². The summed E-state index contributed by atoms with van der Waals surface area (Å²) in [5, 5.41) is 0. The minimum absolute atomic E-state index is 0.127. The van der Waals surface area contributed by atoms with Gasteiger partial charge >= 0.3 is 0 Å². The maximum atomic E-state index is 12.4. The van der Waals surface area contributed by atoms with Gasteiger partial charge in [-0.1, -0.05) is 33.8 Å². The number of benzene rings is 1. The molecule has 0 spiro atoms. The van der Waals surface area contributed by atoms with Crippen molar-refractivity contribution in [1.29, 1.82) is 0 Å². The molecule has 0 atom stereocenters. The molecule has 106 valence electrons. The Balaban J connectivity index is 3.17. The Morgan fingerprint density at radius 1 is 1.11 bits per heavy atom. The Morgan fingerprint density at radius 2 is 1.68 bits per heavy atom. The van der Waals surface area contributed by atoms with E-state index in [-0.39, 0.29) is 11.3 Å². The summed E-state index contributed by atoms with van der Waals surface area (Å²) in [5.74, 6) is 0.139. The summed E-state index contributed by atoms with van der Waals surface area (Å²) >= 11 is 0. The first-order chi connectivity index (χ1) is 8.85. The Kier molecular flexibility index (Phi) is 5.16. The molecule has 0 fully saturated rings. The van der Waals surface area contributed by atoms with Gasteiger partial charge in [-0.3, -0.25) is 4.79 Å². The monoisotopic (exact) mass is 261 g/mol. The fraction of sp³-hybridized carbons (Fsp3) is 0.588. The number of nitrogens with zero attached hydrogens (tertiary/aromatic N) is 1. The molecule has 0 N–H and O–H groups in total. The summed E-state index contributed by atoms with van der Waals surface area (Å²) in [5.41, 5.74) is 3.56. The van der Waals surface area contributed by atoms with Gasteiger partial charge < -0.3 is 4.90 Å². The van der Waals surface area contributed by atoms with Crippen molar-refractivity contribution >= 4 is 5.91 Å². The molecule has 2 nitrogen and oxygen atoms in total. The van der Waals surface area contributed by atoms with Crippen LogP contribution < -0.4 is 0 Å². The SMILES string of the molecule is CCc1cc(C(=O)N(CC)CC)ccc1C(C)(C)C. The van der Waals surface area contributed by atoms with E-state index in [1.807, 2.05) is 24.8 Å². The van der Waals surface area contributed by atoms with E-state index in [1.165, 1.54) is 11.1 Å². The lowest BCUT2D eigenvalue weighted by molar-refractivity contribution is 0.0773. The summed E-state index contributed by atoms with van der Waals surface area (Å²) in [6.45, 7) is 14.4. The summed E-state index contributed by atoms with van der Waals surface area (Å²) in [4.78, 5) is 14.2. The number of hydrogen-bond acceptors (Lipinski definition) is 1. The lowest BCUT2D eigenvalue weighted by Crippen LogP contribution is -2.30. The summed E-state index contributed by atoms with van der Waals surface area (Å²) in [6, 6.07) is 6.16. The predicted octanol–water partition coefficient (Wildman–Crippen LogP) is 4.03. The Labute approximate surface area is 117 Å². The van der Waals surface area contributed by atoms with E-state index >= 15 is 0 Å². The average molecular weight is 261 g/mol. The average Bonchev–Trinajstić information content (AvgIpc) is 2.38. The van der Waals surface area contributed by atoms with Crippen molar-refractivity contribution in [2.75, 3.05) is 13.1 Å². The van der Waals surface area contributed by atoms with Crippen molar-refractivity contribution in [2.45, 2.75) is 53.4 Å². The molecule has 0 aliphatic heterocycles. The van der Waals surface area contributed by atoms with Crippen LogP contribution in [0.25, 0.3) is 0 Å². The minimum Gasteiger partial charge on any atom is -0.339 e. The number of carbonyl (C=O) groups is 1. The first-order valence-electron chi connectivity index (χ1n) is 7.27. The fourth-order valence-corrected chi connectivity index (χ4v) is 2.44. The molecule has 0 saturated heterocycles. The third kappa shape index (κ3) is 3.59. The maximum Gasteiger partial charge on any atom is 0.253 e. The van der Waals surface area contributed by atoms with E-state index in [0.29, 0.717) is 0 Å². The van der Waals surface area contributed by atoms with E-state index in [1.54, 1.807) is 0 Å². The molecular formula is C17H27NO. The molecular weight excluding hydrogens is 234 g/mol. The molecule has 1 amide bonds. The summed E-state index contributed by atoms with van der Waals surface area (Å²) in [7, 11) is 0. The van der Waals surface area contributed by atoms with Crippen molar-refractivity contribution in [2.24, 2.45) is 0 Å². The van der Waals surface area contributed by atoms with Gasteiger partial charge in [0, 0.05) is 18.7 Å².